The Balaban J connectivity index is 1.46. The van der Waals surface area contributed by atoms with Crippen molar-refractivity contribution in [3.8, 4) is 0 Å². The van der Waals surface area contributed by atoms with Crippen LogP contribution in [0.3, 0.4) is 0 Å². The zero-order chi connectivity index (χ0) is 17.0. The van der Waals surface area contributed by atoms with Gasteiger partial charge in [-0.15, -0.1) is 11.6 Å². The summed E-state index contributed by atoms with van der Waals surface area (Å²) in [5.41, 5.74) is 0.00284. The highest BCUT2D eigenvalue weighted by atomic mass is 35.5. The van der Waals surface area contributed by atoms with Gasteiger partial charge in [-0.1, -0.05) is 19.3 Å². The number of carbonyl (C=O) groups excluding carboxylic acids is 1. The molecule has 5 aliphatic carbocycles. The van der Waals surface area contributed by atoms with Crippen molar-refractivity contribution in [2.45, 2.75) is 81.0 Å². The summed E-state index contributed by atoms with van der Waals surface area (Å²) in [7, 11) is 4.35. The summed E-state index contributed by atoms with van der Waals surface area (Å²) in [6.45, 7) is 0.811. The minimum Gasteiger partial charge on any atom is -0.354 e. The van der Waals surface area contributed by atoms with Crippen molar-refractivity contribution in [1.29, 1.82) is 0 Å². The van der Waals surface area contributed by atoms with E-state index in [-0.39, 0.29) is 15.8 Å². The molecule has 5 aliphatic rings. The first-order chi connectivity index (χ1) is 11.3. The van der Waals surface area contributed by atoms with Crippen LogP contribution >= 0.6 is 11.6 Å². The molecule has 0 aliphatic heterocycles. The predicted molar refractivity (Wildman–Crippen MR) is 98.2 cm³/mol. The topological polar surface area (TPSA) is 32.3 Å². The van der Waals surface area contributed by atoms with Gasteiger partial charge in [0.05, 0.1) is 5.41 Å². The minimum atomic E-state index is -0.159. The highest BCUT2D eigenvalue weighted by Crippen LogP contribution is 2.63. The molecule has 5 rings (SSSR count). The van der Waals surface area contributed by atoms with Crippen LogP contribution < -0.4 is 5.32 Å². The second-order valence-corrected chi connectivity index (χ2v) is 10.6. The molecule has 3 nitrogen and oxygen atoms in total. The van der Waals surface area contributed by atoms with E-state index in [1.165, 1.54) is 38.5 Å². The lowest BCUT2D eigenvalue weighted by Crippen LogP contribution is -2.61. The number of alkyl halides is 1. The van der Waals surface area contributed by atoms with Crippen molar-refractivity contribution < 1.29 is 4.79 Å². The van der Waals surface area contributed by atoms with Crippen molar-refractivity contribution >= 4 is 17.5 Å². The maximum absolute atomic E-state index is 13.3. The van der Waals surface area contributed by atoms with Crippen LogP contribution in [0.25, 0.3) is 0 Å². The Labute approximate surface area is 151 Å². The number of likely N-dealkylation sites (N-methyl/N-ethyl adjacent to an activating group) is 1. The van der Waals surface area contributed by atoms with E-state index < -0.39 is 0 Å². The van der Waals surface area contributed by atoms with Crippen molar-refractivity contribution in [3.05, 3.63) is 0 Å². The molecular formula is C20H33ClN2O. The Hall–Kier alpha value is -0.280. The van der Waals surface area contributed by atoms with Crippen molar-refractivity contribution in [3.63, 3.8) is 0 Å². The van der Waals surface area contributed by atoms with E-state index in [9.17, 15) is 4.79 Å². The second-order valence-electron chi connectivity index (χ2n) is 9.75. The van der Waals surface area contributed by atoms with E-state index in [0.29, 0.717) is 17.7 Å². The van der Waals surface area contributed by atoms with Gasteiger partial charge in [-0.3, -0.25) is 4.79 Å². The number of hydrogen-bond acceptors (Lipinski definition) is 2. The zero-order valence-electron chi connectivity index (χ0n) is 15.4. The predicted octanol–water partition coefficient (Wildman–Crippen LogP) is 3.94. The molecule has 0 aromatic heterocycles. The summed E-state index contributed by atoms with van der Waals surface area (Å²) in [5, 5.41) is 3.41. The highest BCUT2D eigenvalue weighted by molar-refractivity contribution is 6.24. The summed E-state index contributed by atoms with van der Waals surface area (Å²) in [5.74, 6) is 1.69. The fraction of sp³-hybridized carbons (Fsp3) is 0.950. The molecule has 4 bridgehead atoms. The Morgan fingerprint density at radius 2 is 1.71 bits per heavy atom. The maximum atomic E-state index is 13.3. The van der Waals surface area contributed by atoms with Crippen molar-refractivity contribution in [2.24, 2.45) is 17.3 Å². The number of carbonyl (C=O) groups is 1. The van der Waals surface area contributed by atoms with Crippen molar-refractivity contribution in [1.82, 2.24) is 10.2 Å². The standard InChI is InChI=1S/C20H33ClN2O/c1-23(2)20(6-4-3-5-7-20)14-22-17(24)18-9-15-8-16(10-18)12-19(21,11-15)13-18/h15-16H,3-14H2,1-2H3,(H,22,24)/t15-,16-,18?,19?/m1/s1. The Morgan fingerprint density at radius 1 is 1.08 bits per heavy atom. The van der Waals surface area contributed by atoms with Gasteiger partial charge in [-0.05, 0) is 77.3 Å². The summed E-state index contributed by atoms with van der Waals surface area (Å²) in [6, 6.07) is 0. The average Bonchev–Trinajstić information content (AvgIpc) is 2.51. The van der Waals surface area contributed by atoms with E-state index in [4.69, 9.17) is 11.6 Å². The molecule has 0 saturated heterocycles. The third-order valence-electron chi connectivity index (χ3n) is 7.78. The monoisotopic (exact) mass is 352 g/mol. The van der Waals surface area contributed by atoms with Crippen LogP contribution in [-0.4, -0.2) is 41.9 Å². The van der Waals surface area contributed by atoms with Gasteiger partial charge in [-0.2, -0.15) is 0 Å². The zero-order valence-corrected chi connectivity index (χ0v) is 16.1. The molecule has 136 valence electrons. The van der Waals surface area contributed by atoms with E-state index >= 15 is 0 Å². The summed E-state index contributed by atoms with van der Waals surface area (Å²) >= 11 is 6.90. The van der Waals surface area contributed by atoms with E-state index in [2.05, 4.69) is 24.3 Å². The number of nitrogens with zero attached hydrogens (tertiary/aromatic N) is 1. The number of rotatable bonds is 4. The largest absolute Gasteiger partial charge is 0.354 e. The van der Waals surface area contributed by atoms with Crippen LogP contribution in [0, 0.1) is 17.3 Å². The molecule has 0 aromatic rings. The number of nitrogens with one attached hydrogen (secondary N) is 1. The lowest BCUT2D eigenvalue weighted by Gasteiger charge is -2.59. The van der Waals surface area contributed by atoms with Crippen LogP contribution in [0.1, 0.15) is 70.6 Å². The van der Waals surface area contributed by atoms with Gasteiger partial charge in [0, 0.05) is 17.0 Å². The average molecular weight is 353 g/mol. The number of amides is 1. The molecule has 0 aromatic carbocycles. The van der Waals surface area contributed by atoms with Crippen molar-refractivity contribution in [2.75, 3.05) is 20.6 Å². The summed E-state index contributed by atoms with van der Waals surface area (Å²) in [4.78, 5) is 15.5. The molecule has 0 spiro atoms. The van der Waals surface area contributed by atoms with Crippen LogP contribution in [-0.2, 0) is 4.79 Å². The normalized spacial score (nSPS) is 43.2. The van der Waals surface area contributed by atoms with E-state index in [1.54, 1.807) is 0 Å². The smallest absolute Gasteiger partial charge is 0.226 e. The fourth-order valence-corrected chi connectivity index (χ4v) is 7.53. The van der Waals surface area contributed by atoms with Crippen LogP contribution in [0.4, 0.5) is 0 Å². The number of halogens is 1. The van der Waals surface area contributed by atoms with Gasteiger partial charge in [0.25, 0.3) is 0 Å². The van der Waals surface area contributed by atoms with Gasteiger partial charge < -0.3 is 10.2 Å². The first kappa shape index (κ1) is 17.1. The van der Waals surface area contributed by atoms with Gasteiger partial charge in [-0.25, -0.2) is 0 Å². The lowest BCUT2D eigenvalue weighted by molar-refractivity contribution is -0.145. The fourth-order valence-electron chi connectivity index (χ4n) is 6.84. The maximum Gasteiger partial charge on any atom is 0.226 e. The molecule has 0 radical (unpaired) electrons. The van der Waals surface area contributed by atoms with Crippen LogP contribution in [0.5, 0.6) is 0 Å². The third-order valence-corrected chi connectivity index (χ3v) is 8.22. The Kier molecular flexibility index (Phi) is 4.20. The molecular weight excluding hydrogens is 320 g/mol. The molecule has 24 heavy (non-hydrogen) atoms. The first-order valence-corrected chi connectivity index (χ1v) is 10.4. The Bertz CT molecular complexity index is 498. The molecule has 5 saturated carbocycles. The molecule has 2 atom stereocenters. The quantitative estimate of drug-likeness (QED) is 0.777. The molecule has 1 amide bonds. The minimum absolute atomic E-state index is 0.0779. The molecule has 0 heterocycles. The van der Waals surface area contributed by atoms with E-state index in [1.807, 2.05) is 0 Å². The molecule has 1 N–H and O–H groups in total. The van der Waals surface area contributed by atoms with Gasteiger partial charge in [0.2, 0.25) is 5.91 Å². The van der Waals surface area contributed by atoms with Gasteiger partial charge in [0.15, 0.2) is 0 Å². The van der Waals surface area contributed by atoms with Gasteiger partial charge >= 0.3 is 0 Å². The van der Waals surface area contributed by atoms with Crippen LogP contribution in [0.2, 0.25) is 0 Å². The van der Waals surface area contributed by atoms with Gasteiger partial charge in [0.1, 0.15) is 0 Å². The highest BCUT2D eigenvalue weighted by Gasteiger charge is 2.60. The van der Waals surface area contributed by atoms with Crippen LogP contribution in [0.15, 0.2) is 0 Å². The van der Waals surface area contributed by atoms with E-state index in [0.717, 1.165) is 38.6 Å². The third kappa shape index (κ3) is 2.80. The lowest BCUT2D eigenvalue weighted by atomic mass is 9.49. The molecule has 0 unspecified atom stereocenters. The Morgan fingerprint density at radius 3 is 2.25 bits per heavy atom. The number of hydrogen-bond donors (Lipinski definition) is 1. The molecule has 5 fully saturated rings. The summed E-state index contributed by atoms with van der Waals surface area (Å²) in [6.07, 6.45) is 13.0. The second kappa shape index (κ2) is 5.87. The molecule has 4 heteroatoms. The first-order valence-electron chi connectivity index (χ1n) is 10.00. The SMILES string of the molecule is CN(C)C1(CNC(=O)C23C[C@H]4C[C@@H](CC(Cl)(C4)C2)C3)CCCCC1. The summed E-state index contributed by atoms with van der Waals surface area (Å²) < 4.78 is 0.